The average Bonchev–Trinajstić information content (AvgIpc) is 3.04. The van der Waals surface area contributed by atoms with Gasteiger partial charge in [-0.2, -0.15) is 13.2 Å². The molecule has 0 aromatic heterocycles. The molecule has 0 bridgehead atoms. The van der Waals surface area contributed by atoms with Gasteiger partial charge in [-0.1, -0.05) is 0 Å². The van der Waals surface area contributed by atoms with Crippen LogP contribution in [0.3, 0.4) is 0 Å². The summed E-state index contributed by atoms with van der Waals surface area (Å²) in [7, 11) is 1.39. The van der Waals surface area contributed by atoms with Crippen LogP contribution in [0.4, 0.5) is 13.2 Å². The van der Waals surface area contributed by atoms with Crippen LogP contribution < -0.4 is 10.1 Å². The molecule has 1 unspecified atom stereocenters. The normalized spacial score (nSPS) is 16.6. The van der Waals surface area contributed by atoms with E-state index in [0.717, 1.165) is 0 Å². The van der Waals surface area contributed by atoms with Gasteiger partial charge >= 0.3 is 17.8 Å². The van der Waals surface area contributed by atoms with E-state index in [1.807, 2.05) is 0 Å². The Hall–Kier alpha value is -2.78. The molecule has 10 heteroatoms. The van der Waals surface area contributed by atoms with Crippen molar-refractivity contribution in [2.24, 2.45) is 0 Å². The van der Waals surface area contributed by atoms with Crippen molar-refractivity contribution in [3.63, 3.8) is 0 Å². The molecular formula is C17H19F3N2O5. The van der Waals surface area contributed by atoms with Gasteiger partial charge in [-0.15, -0.1) is 0 Å². The zero-order chi connectivity index (χ0) is 20.2. The summed E-state index contributed by atoms with van der Waals surface area (Å²) in [6.07, 6.45) is -5.31. The third-order valence-electron chi connectivity index (χ3n) is 4.11. The topological polar surface area (TPSA) is 84.9 Å². The number of benzene rings is 1. The highest BCUT2D eigenvalue weighted by atomic mass is 19.4. The molecule has 1 aliphatic rings. The van der Waals surface area contributed by atoms with Crippen molar-refractivity contribution in [3.05, 3.63) is 29.8 Å². The molecular weight excluding hydrogens is 369 g/mol. The van der Waals surface area contributed by atoms with Crippen LogP contribution in [0.25, 0.3) is 0 Å². The van der Waals surface area contributed by atoms with Gasteiger partial charge in [-0.05, 0) is 37.6 Å². The Bertz CT molecular complexity index is 720. The number of hydrogen-bond donors (Lipinski definition) is 1. The molecule has 2 rings (SSSR count). The van der Waals surface area contributed by atoms with E-state index in [0.29, 0.717) is 10.6 Å². The lowest BCUT2D eigenvalue weighted by Gasteiger charge is -2.40. The van der Waals surface area contributed by atoms with Gasteiger partial charge < -0.3 is 19.7 Å². The number of ether oxygens (including phenoxy) is 2. The molecule has 1 saturated heterocycles. The number of methoxy groups -OCH3 is 1. The Morgan fingerprint density at radius 3 is 2.30 bits per heavy atom. The summed E-state index contributed by atoms with van der Waals surface area (Å²) in [5, 5.41) is 1.71. The number of likely N-dealkylation sites (tertiary alicyclic amines) is 1. The van der Waals surface area contributed by atoms with Crippen LogP contribution in [0.5, 0.6) is 5.75 Å². The van der Waals surface area contributed by atoms with E-state index in [1.165, 1.54) is 38.3 Å². The summed E-state index contributed by atoms with van der Waals surface area (Å²) in [6.45, 7) is 0.646. The summed E-state index contributed by atoms with van der Waals surface area (Å²) >= 11 is 0. The zero-order valence-corrected chi connectivity index (χ0v) is 14.8. The van der Waals surface area contributed by atoms with Crippen LogP contribution >= 0.6 is 0 Å². The number of carbonyl (C=O) groups excluding carboxylic acids is 3. The molecule has 0 radical (unpaired) electrons. The minimum Gasteiger partial charge on any atom is -0.497 e. The molecule has 1 heterocycles. The van der Waals surface area contributed by atoms with E-state index < -0.39 is 29.6 Å². The first-order valence-corrected chi connectivity index (χ1v) is 8.18. The van der Waals surface area contributed by atoms with Crippen LogP contribution in [-0.2, 0) is 14.3 Å². The molecule has 27 heavy (non-hydrogen) atoms. The minimum absolute atomic E-state index is 0.133. The molecule has 0 aliphatic carbocycles. The maximum atomic E-state index is 14.0. The first-order chi connectivity index (χ1) is 12.7. The molecule has 0 spiro atoms. The number of esters is 1. The summed E-state index contributed by atoms with van der Waals surface area (Å²) < 4.78 is 51.6. The second-order valence-corrected chi connectivity index (χ2v) is 5.76. The van der Waals surface area contributed by atoms with E-state index >= 15 is 0 Å². The first-order valence-electron chi connectivity index (χ1n) is 8.18. The monoisotopic (exact) mass is 388 g/mol. The van der Waals surface area contributed by atoms with Gasteiger partial charge in [0.15, 0.2) is 0 Å². The number of nitrogens with zero attached hydrogens (tertiary/aromatic N) is 1. The zero-order valence-electron chi connectivity index (χ0n) is 14.8. The van der Waals surface area contributed by atoms with Crippen LogP contribution in [0.2, 0.25) is 0 Å². The van der Waals surface area contributed by atoms with Crippen LogP contribution in [-0.4, -0.2) is 54.8 Å². The molecule has 1 aromatic carbocycles. The molecule has 0 saturated carbocycles. The fraction of sp³-hybridized carbons (Fsp3) is 0.471. The third kappa shape index (κ3) is 3.83. The van der Waals surface area contributed by atoms with Gasteiger partial charge in [-0.25, -0.2) is 4.79 Å². The Kier molecular flexibility index (Phi) is 5.97. The molecule has 2 amide bonds. The van der Waals surface area contributed by atoms with Crippen molar-refractivity contribution in [2.75, 3.05) is 20.3 Å². The quantitative estimate of drug-likeness (QED) is 0.752. The molecule has 1 N–H and O–H groups in total. The lowest BCUT2D eigenvalue weighted by Crippen LogP contribution is -2.74. The number of alkyl halides is 3. The van der Waals surface area contributed by atoms with E-state index in [9.17, 15) is 27.6 Å². The molecule has 1 aliphatic heterocycles. The van der Waals surface area contributed by atoms with Crippen LogP contribution in [0, 0.1) is 0 Å². The number of amides is 2. The van der Waals surface area contributed by atoms with Gasteiger partial charge in [0.05, 0.1) is 13.7 Å². The highest BCUT2D eigenvalue weighted by Crippen LogP contribution is 2.37. The molecule has 7 nitrogen and oxygen atoms in total. The van der Waals surface area contributed by atoms with Gasteiger partial charge in [0.2, 0.25) is 5.91 Å². The number of rotatable bonds is 6. The number of nitrogens with one attached hydrogen (secondary N) is 1. The number of halogens is 3. The van der Waals surface area contributed by atoms with Crippen molar-refractivity contribution in [1.29, 1.82) is 0 Å². The second kappa shape index (κ2) is 7.85. The Morgan fingerprint density at radius 2 is 1.85 bits per heavy atom. The van der Waals surface area contributed by atoms with Crippen molar-refractivity contribution in [1.82, 2.24) is 10.2 Å². The van der Waals surface area contributed by atoms with Crippen LogP contribution in [0.15, 0.2) is 24.3 Å². The summed E-state index contributed by atoms with van der Waals surface area (Å²) in [6, 6.07) is 5.25. The molecule has 148 valence electrons. The Labute approximate surface area is 153 Å². The largest absolute Gasteiger partial charge is 0.497 e. The van der Waals surface area contributed by atoms with Crippen molar-refractivity contribution < 1.29 is 37.0 Å². The maximum Gasteiger partial charge on any atom is 0.442 e. The van der Waals surface area contributed by atoms with E-state index in [-0.39, 0.29) is 31.6 Å². The predicted octanol–water partition coefficient (Wildman–Crippen LogP) is 1.87. The minimum atomic E-state index is -5.29. The third-order valence-corrected chi connectivity index (χ3v) is 4.11. The SMILES string of the molecule is CCOC(=O)C(NC(=O)c1ccc(OC)cc1)(N1CCCC1=O)C(F)(F)F. The van der Waals surface area contributed by atoms with Crippen LogP contribution in [0.1, 0.15) is 30.1 Å². The Morgan fingerprint density at radius 1 is 1.22 bits per heavy atom. The fourth-order valence-corrected chi connectivity index (χ4v) is 2.79. The van der Waals surface area contributed by atoms with Crippen molar-refractivity contribution >= 4 is 17.8 Å². The van der Waals surface area contributed by atoms with Crippen molar-refractivity contribution in [3.8, 4) is 5.75 Å². The maximum absolute atomic E-state index is 14.0. The van der Waals surface area contributed by atoms with Gasteiger partial charge in [0, 0.05) is 18.5 Å². The smallest absolute Gasteiger partial charge is 0.442 e. The first kappa shape index (κ1) is 20.5. The van der Waals surface area contributed by atoms with Crippen molar-refractivity contribution in [2.45, 2.75) is 31.6 Å². The van der Waals surface area contributed by atoms with E-state index in [4.69, 9.17) is 4.74 Å². The fourth-order valence-electron chi connectivity index (χ4n) is 2.79. The summed E-state index contributed by atoms with van der Waals surface area (Å²) in [5.74, 6) is -3.43. The van der Waals surface area contributed by atoms with Gasteiger partial charge in [-0.3, -0.25) is 9.59 Å². The van der Waals surface area contributed by atoms with Gasteiger partial charge in [0.25, 0.3) is 5.91 Å². The predicted molar refractivity (Wildman–Crippen MR) is 86.8 cm³/mol. The van der Waals surface area contributed by atoms with E-state index in [2.05, 4.69) is 4.74 Å². The second-order valence-electron chi connectivity index (χ2n) is 5.76. The highest BCUT2D eigenvalue weighted by molar-refractivity contribution is 6.00. The van der Waals surface area contributed by atoms with Gasteiger partial charge in [0.1, 0.15) is 5.75 Å². The number of carbonyl (C=O) groups is 3. The standard InChI is InChI=1S/C17H19F3N2O5/c1-3-27-15(25)16(17(18,19)20,22-10-4-5-13(22)23)21-14(24)11-6-8-12(26-2)9-7-11/h6-9H,3-5,10H2,1-2H3,(H,21,24). The summed E-state index contributed by atoms with van der Waals surface area (Å²) in [5.41, 5.74) is -3.73. The molecule has 1 fully saturated rings. The lowest BCUT2D eigenvalue weighted by atomic mass is 10.1. The average molecular weight is 388 g/mol. The number of hydrogen-bond acceptors (Lipinski definition) is 5. The van der Waals surface area contributed by atoms with E-state index in [1.54, 1.807) is 5.32 Å². The lowest BCUT2D eigenvalue weighted by molar-refractivity contribution is -0.243. The summed E-state index contributed by atoms with van der Waals surface area (Å²) in [4.78, 5) is 37.2. The molecule has 1 aromatic rings. The highest BCUT2D eigenvalue weighted by Gasteiger charge is 2.68. The molecule has 1 atom stereocenters. The Balaban J connectivity index is 2.48.